The highest BCUT2D eigenvalue weighted by Gasteiger charge is 2.20. The number of nitrogens with one attached hydrogen (secondary N) is 1. The summed E-state index contributed by atoms with van der Waals surface area (Å²) in [5.41, 5.74) is 2.29. The van der Waals surface area contributed by atoms with Crippen LogP contribution >= 0.6 is 11.3 Å². The zero-order valence-corrected chi connectivity index (χ0v) is 19.3. The summed E-state index contributed by atoms with van der Waals surface area (Å²) >= 11 is 1.72. The van der Waals surface area contributed by atoms with Crippen LogP contribution in [0.25, 0.3) is 0 Å². The third-order valence-corrected chi connectivity index (χ3v) is 6.20. The van der Waals surface area contributed by atoms with Crippen LogP contribution in [0, 0.1) is 0 Å². The standard InChI is InChI=1S/C22H33N5O2S/c1-5-21-25-18(16-30-21)14-24-22(23-6-2)27-11-9-26(10-12-27)15-17-7-8-19(28-3)20(13-17)29-4/h7-8,13,16H,5-6,9-12,14-15H2,1-4H3,(H,23,24). The normalized spacial score (nSPS) is 15.3. The van der Waals surface area contributed by atoms with Crippen molar-refractivity contribution in [1.82, 2.24) is 20.1 Å². The first-order valence-corrected chi connectivity index (χ1v) is 11.4. The van der Waals surface area contributed by atoms with Crippen molar-refractivity contribution in [2.24, 2.45) is 4.99 Å². The number of guanidine groups is 1. The molecule has 30 heavy (non-hydrogen) atoms. The lowest BCUT2D eigenvalue weighted by Gasteiger charge is -2.36. The summed E-state index contributed by atoms with van der Waals surface area (Å²) in [5.74, 6) is 2.53. The minimum atomic E-state index is 0.630. The smallest absolute Gasteiger partial charge is 0.194 e. The van der Waals surface area contributed by atoms with E-state index in [2.05, 4.69) is 51.5 Å². The first-order chi connectivity index (χ1) is 14.7. The van der Waals surface area contributed by atoms with E-state index >= 15 is 0 Å². The molecule has 1 N–H and O–H groups in total. The van der Waals surface area contributed by atoms with Crippen LogP contribution in [0.5, 0.6) is 11.5 Å². The molecule has 164 valence electrons. The number of nitrogens with zero attached hydrogens (tertiary/aromatic N) is 4. The van der Waals surface area contributed by atoms with Gasteiger partial charge in [0.25, 0.3) is 0 Å². The van der Waals surface area contributed by atoms with Crippen LogP contribution in [-0.4, -0.2) is 67.7 Å². The number of rotatable bonds is 8. The Kier molecular flexibility index (Phi) is 8.33. The molecule has 1 fully saturated rings. The number of aliphatic imine (C=N–C) groups is 1. The summed E-state index contributed by atoms with van der Waals surface area (Å²) in [4.78, 5) is 14.3. The molecule has 0 amide bonds. The Morgan fingerprint density at radius 3 is 2.53 bits per heavy atom. The number of hydrogen-bond acceptors (Lipinski definition) is 6. The van der Waals surface area contributed by atoms with E-state index in [4.69, 9.17) is 14.5 Å². The molecule has 2 aromatic rings. The fraction of sp³-hybridized carbons (Fsp3) is 0.545. The van der Waals surface area contributed by atoms with E-state index in [9.17, 15) is 0 Å². The van der Waals surface area contributed by atoms with E-state index in [1.165, 1.54) is 10.6 Å². The number of aryl methyl sites for hydroxylation is 1. The number of benzene rings is 1. The number of aromatic nitrogens is 1. The average Bonchev–Trinajstić information content (AvgIpc) is 3.25. The van der Waals surface area contributed by atoms with Gasteiger partial charge in [0.1, 0.15) is 0 Å². The molecule has 0 aliphatic carbocycles. The van der Waals surface area contributed by atoms with E-state index in [1.54, 1.807) is 25.6 Å². The molecule has 7 nitrogen and oxygen atoms in total. The molecule has 0 atom stereocenters. The lowest BCUT2D eigenvalue weighted by atomic mass is 10.1. The van der Waals surface area contributed by atoms with Gasteiger partial charge in [-0.05, 0) is 31.0 Å². The lowest BCUT2D eigenvalue weighted by molar-refractivity contribution is 0.172. The first-order valence-electron chi connectivity index (χ1n) is 10.6. The minimum absolute atomic E-state index is 0.630. The highest BCUT2D eigenvalue weighted by atomic mass is 32.1. The van der Waals surface area contributed by atoms with Crippen LogP contribution in [0.2, 0.25) is 0 Å². The van der Waals surface area contributed by atoms with E-state index in [0.717, 1.165) is 68.8 Å². The molecule has 1 aliphatic heterocycles. The maximum Gasteiger partial charge on any atom is 0.194 e. The third kappa shape index (κ3) is 5.86. The molecule has 1 saturated heterocycles. The zero-order chi connectivity index (χ0) is 21.3. The Labute approximate surface area is 183 Å². The Morgan fingerprint density at radius 2 is 1.90 bits per heavy atom. The number of methoxy groups -OCH3 is 2. The van der Waals surface area contributed by atoms with Crippen molar-refractivity contribution in [3.63, 3.8) is 0 Å². The molecule has 1 aliphatic rings. The van der Waals surface area contributed by atoms with Crippen LogP contribution < -0.4 is 14.8 Å². The molecule has 1 aromatic heterocycles. The largest absolute Gasteiger partial charge is 0.493 e. The van der Waals surface area contributed by atoms with Gasteiger partial charge in [-0.3, -0.25) is 4.90 Å². The summed E-state index contributed by atoms with van der Waals surface area (Å²) in [7, 11) is 3.34. The minimum Gasteiger partial charge on any atom is -0.493 e. The van der Waals surface area contributed by atoms with E-state index in [0.29, 0.717) is 6.54 Å². The predicted molar refractivity (Wildman–Crippen MR) is 123 cm³/mol. The van der Waals surface area contributed by atoms with Crippen LogP contribution in [0.15, 0.2) is 28.6 Å². The fourth-order valence-electron chi connectivity index (χ4n) is 3.52. The summed E-state index contributed by atoms with van der Waals surface area (Å²) in [5, 5.41) is 6.73. The lowest BCUT2D eigenvalue weighted by Crippen LogP contribution is -2.52. The molecule has 3 rings (SSSR count). The topological polar surface area (TPSA) is 62.2 Å². The number of piperazine rings is 1. The molecule has 8 heteroatoms. The second kappa shape index (κ2) is 11.2. The van der Waals surface area contributed by atoms with Gasteiger partial charge in [0.05, 0.1) is 31.5 Å². The highest BCUT2D eigenvalue weighted by Crippen LogP contribution is 2.28. The predicted octanol–water partition coefficient (Wildman–Crippen LogP) is 3.01. The van der Waals surface area contributed by atoms with Crippen molar-refractivity contribution < 1.29 is 9.47 Å². The van der Waals surface area contributed by atoms with Crippen molar-refractivity contribution in [3.05, 3.63) is 39.8 Å². The van der Waals surface area contributed by atoms with Crippen molar-refractivity contribution in [3.8, 4) is 11.5 Å². The van der Waals surface area contributed by atoms with Gasteiger partial charge >= 0.3 is 0 Å². The summed E-state index contributed by atoms with van der Waals surface area (Å²) in [6.45, 7) is 10.5. The molecule has 0 bridgehead atoms. The summed E-state index contributed by atoms with van der Waals surface area (Å²) < 4.78 is 10.8. The molecule has 1 aromatic carbocycles. The van der Waals surface area contributed by atoms with Gasteiger partial charge in [-0.1, -0.05) is 13.0 Å². The van der Waals surface area contributed by atoms with Crippen molar-refractivity contribution >= 4 is 17.3 Å². The van der Waals surface area contributed by atoms with Gasteiger partial charge in [-0.2, -0.15) is 0 Å². The van der Waals surface area contributed by atoms with E-state index < -0.39 is 0 Å². The molecule has 0 saturated carbocycles. The molecule has 0 spiro atoms. The van der Waals surface area contributed by atoms with Crippen molar-refractivity contribution in [2.75, 3.05) is 46.9 Å². The van der Waals surface area contributed by atoms with E-state index in [1.807, 2.05) is 6.07 Å². The van der Waals surface area contributed by atoms with Crippen molar-refractivity contribution in [2.45, 2.75) is 33.4 Å². The SMILES string of the molecule is CCNC(=NCc1csc(CC)n1)N1CCN(Cc2ccc(OC)c(OC)c2)CC1. The molecule has 2 heterocycles. The highest BCUT2D eigenvalue weighted by molar-refractivity contribution is 7.09. The van der Waals surface area contributed by atoms with Crippen LogP contribution in [0.3, 0.4) is 0 Å². The monoisotopic (exact) mass is 431 g/mol. The van der Waals surface area contributed by atoms with Crippen LogP contribution in [0.4, 0.5) is 0 Å². The maximum atomic E-state index is 5.43. The Hall–Kier alpha value is -2.32. The maximum absolute atomic E-state index is 5.43. The second-order valence-corrected chi connectivity index (χ2v) is 8.15. The van der Waals surface area contributed by atoms with Crippen molar-refractivity contribution in [1.29, 1.82) is 0 Å². The van der Waals surface area contributed by atoms with E-state index in [-0.39, 0.29) is 0 Å². The Bertz CT molecular complexity index is 831. The average molecular weight is 432 g/mol. The number of hydrogen-bond donors (Lipinski definition) is 1. The Balaban J connectivity index is 1.56. The van der Waals surface area contributed by atoms with Gasteiger partial charge in [-0.25, -0.2) is 9.98 Å². The van der Waals surface area contributed by atoms with Gasteiger partial charge in [0.2, 0.25) is 0 Å². The summed E-state index contributed by atoms with van der Waals surface area (Å²) in [6.07, 6.45) is 0.983. The Morgan fingerprint density at radius 1 is 1.13 bits per heavy atom. The molecular formula is C22H33N5O2S. The van der Waals surface area contributed by atoms with Gasteiger partial charge < -0.3 is 19.7 Å². The van der Waals surface area contributed by atoms with Gasteiger partial charge in [0.15, 0.2) is 17.5 Å². The number of thiazole rings is 1. The molecule has 0 unspecified atom stereocenters. The molecule has 0 radical (unpaired) electrons. The van der Waals surface area contributed by atoms with Crippen LogP contribution in [-0.2, 0) is 19.5 Å². The third-order valence-electron chi connectivity index (χ3n) is 5.15. The first kappa shape index (κ1) is 22.4. The van der Waals surface area contributed by atoms with Gasteiger partial charge in [0, 0.05) is 44.6 Å². The number of ether oxygens (including phenoxy) is 2. The second-order valence-electron chi connectivity index (χ2n) is 7.21. The zero-order valence-electron chi connectivity index (χ0n) is 18.5. The quantitative estimate of drug-likeness (QED) is 0.512. The molecular weight excluding hydrogens is 398 g/mol. The van der Waals surface area contributed by atoms with Crippen LogP contribution in [0.1, 0.15) is 30.1 Å². The van der Waals surface area contributed by atoms with Gasteiger partial charge in [-0.15, -0.1) is 11.3 Å². The summed E-state index contributed by atoms with van der Waals surface area (Å²) in [6, 6.07) is 6.15. The fourth-order valence-corrected chi connectivity index (χ4v) is 4.26.